The molecule has 0 spiro atoms. The molecule has 1 atom stereocenters. The quantitative estimate of drug-likeness (QED) is 0.258. The van der Waals surface area contributed by atoms with Gasteiger partial charge in [-0.15, -0.1) is 0 Å². The Kier molecular flexibility index (Phi) is 6.54. The average Bonchev–Trinajstić information content (AvgIpc) is 3.49. The number of hydrogen-bond donors (Lipinski definition) is 1. The van der Waals surface area contributed by atoms with Crippen molar-refractivity contribution in [2.24, 2.45) is 0 Å². The minimum atomic E-state index is -0.293. The lowest BCUT2D eigenvalue weighted by Gasteiger charge is -2.31. The van der Waals surface area contributed by atoms with Crippen LogP contribution in [0.4, 0.5) is 10.5 Å². The number of hydrogen-bond acceptors (Lipinski definition) is 2. The fourth-order valence-corrected chi connectivity index (χ4v) is 5.81. The first-order valence-corrected chi connectivity index (χ1v) is 13.9. The first-order valence-electron chi connectivity index (χ1n) is 13.9. The molecule has 5 aromatic rings. The summed E-state index contributed by atoms with van der Waals surface area (Å²) in [5.74, 6) is 1.40. The third-order valence-corrected chi connectivity index (χ3v) is 7.74. The van der Waals surface area contributed by atoms with E-state index in [1.807, 2.05) is 60.7 Å². The average molecular weight is 530 g/mol. The molecular weight excluding hydrogens is 494 g/mol. The zero-order valence-electron chi connectivity index (χ0n) is 23.7. The highest BCUT2D eigenvalue weighted by molar-refractivity contribution is 5.90. The van der Waals surface area contributed by atoms with Gasteiger partial charge in [-0.1, -0.05) is 62.4 Å². The molecule has 202 valence electrons. The van der Waals surface area contributed by atoms with Gasteiger partial charge < -0.3 is 14.8 Å². The molecule has 0 radical (unpaired) electrons. The molecule has 1 aliphatic rings. The summed E-state index contributed by atoms with van der Waals surface area (Å²) < 4.78 is 4.20. The fourth-order valence-electron chi connectivity index (χ4n) is 5.81. The van der Waals surface area contributed by atoms with Crippen LogP contribution in [0.5, 0.6) is 0 Å². The Balaban J connectivity index is 1.52. The van der Waals surface area contributed by atoms with Gasteiger partial charge in [0.2, 0.25) is 0 Å². The highest BCUT2D eigenvalue weighted by atomic mass is 16.2. The second-order valence-electron chi connectivity index (χ2n) is 11.1. The Morgan fingerprint density at radius 3 is 2.27 bits per heavy atom. The largest absolute Gasteiger partial charge is 0.322 e. The molecule has 0 aliphatic carbocycles. The summed E-state index contributed by atoms with van der Waals surface area (Å²) >= 11 is 0. The number of amides is 2. The van der Waals surface area contributed by atoms with E-state index in [0.29, 0.717) is 12.5 Å². The summed E-state index contributed by atoms with van der Waals surface area (Å²) in [6.07, 6.45) is 2.08. The highest BCUT2D eigenvalue weighted by Gasteiger charge is 2.36. The standard InChI is InChI=1S/C34H35N5O/c1-22(2)26-13-15-27(16-14-26)32-31-12-9-17-37(31)33-30(25(5)36-39(33)29-10-7-6-8-11-29)21-38(32)34(40)35-28-19-23(3)18-24(4)20-28/h6-20,22,32H,21H2,1-5H3,(H,35,40)/t32-/m1/s1. The van der Waals surface area contributed by atoms with Crippen LogP contribution in [-0.2, 0) is 6.54 Å². The SMILES string of the molecule is Cc1cc(C)cc(NC(=O)N2Cc3c(C)nn(-c4ccccc4)c3-n3cccc3[C@H]2c2ccc(C(C)C)cc2)c1. The number of nitrogens with one attached hydrogen (secondary N) is 1. The van der Waals surface area contributed by atoms with Crippen LogP contribution in [-0.4, -0.2) is 25.3 Å². The molecule has 0 fully saturated rings. The van der Waals surface area contributed by atoms with Gasteiger partial charge in [0.15, 0.2) is 0 Å². The third kappa shape index (κ3) is 4.60. The van der Waals surface area contributed by atoms with Gasteiger partial charge in [-0.3, -0.25) is 0 Å². The Labute approximate surface area is 235 Å². The van der Waals surface area contributed by atoms with Crippen molar-refractivity contribution >= 4 is 11.7 Å². The Morgan fingerprint density at radius 2 is 1.60 bits per heavy atom. The number of aryl methyl sites for hydroxylation is 3. The number of anilines is 1. The number of carbonyl (C=O) groups excluding carboxylic acids is 1. The maximum absolute atomic E-state index is 14.2. The van der Waals surface area contributed by atoms with Crippen molar-refractivity contribution in [2.75, 3.05) is 5.32 Å². The van der Waals surface area contributed by atoms with Crippen LogP contribution in [0.1, 0.15) is 65.0 Å². The number of para-hydroxylation sites is 1. The van der Waals surface area contributed by atoms with Gasteiger partial charge in [-0.2, -0.15) is 5.10 Å². The Bertz CT molecular complexity index is 1660. The second-order valence-corrected chi connectivity index (χ2v) is 11.1. The zero-order valence-corrected chi connectivity index (χ0v) is 23.7. The molecule has 2 aromatic heterocycles. The molecule has 3 heterocycles. The van der Waals surface area contributed by atoms with Gasteiger partial charge >= 0.3 is 6.03 Å². The molecule has 6 rings (SSSR count). The van der Waals surface area contributed by atoms with Crippen molar-refractivity contribution in [3.8, 4) is 11.5 Å². The van der Waals surface area contributed by atoms with E-state index in [-0.39, 0.29) is 12.1 Å². The molecule has 1 aliphatic heterocycles. The molecule has 40 heavy (non-hydrogen) atoms. The summed E-state index contributed by atoms with van der Waals surface area (Å²) in [6, 6.07) is 28.8. The summed E-state index contributed by atoms with van der Waals surface area (Å²) in [7, 11) is 0. The second kappa shape index (κ2) is 10.2. The van der Waals surface area contributed by atoms with Crippen LogP contribution >= 0.6 is 0 Å². The van der Waals surface area contributed by atoms with Gasteiger partial charge in [-0.25, -0.2) is 9.48 Å². The van der Waals surface area contributed by atoms with Crippen molar-refractivity contribution in [1.82, 2.24) is 19.2 Å². The summed E-state index contributed by atoms with van der Waals surface area (Å²) in [5, 5.41) is 8.16. The molecule has 0 saturated heterocycles. The Morgan fingerprint density at radius 1 is 0.900 bits per heavy atom. The lowest BCUT2D eigenvalue weighted by molar-refractivity contribution is 0.194. The van der Waals surface area contributed by atoms with E-state index < -0.39 is 0 Å². The van der Waals surface area contributed by atoms with Gasteiger partial charge in [0, 0.05) is 17.4 Å². The lowest BCUT2D eigenvalue weighted by Crippen LogP contribution is -2.38. The van der Waals surface area contributed by atoms with Crippen LogP contribution in [0.25, 0.3) is 11.5 Å². The zero-order chi connectivity index (χ0) is 28.0. The van der Waals surface area contributed by atoms with Crippen LogP contribution in [0.15, 0.2) is 91.1 Å². The first-order chi connectivity index (χ1) is 19.3. The molecular formula is C34H35N5O. The molecule has 6 nitrogen and oxygen atoms in total. The summed E-state index contributed by atoms with van der Waals surface area (Å²) in [6.45, 7) is 10.9. The van der Waals surface area contributed by atoms with E-state index in [0.717, 1.165) is 50.8 Å². The number of nitrogens with zero attached hydrogens (tertiary/aromatic N) is 4. The smallest absolute Gasteiger partial charge is 0.308 e. The van der Waals surface area contributed by atoms with E-state index in [1.165, 1.54) is 5.56 Å². The number of rotatable bonds is 4. The summed E-state index contributed by atoms with van der Waals surface area (Å²) in [4.78, 5) is 16.2. The Hall–Kier alpha value is -4.58. The van der Waals surface area contributed by atoms with Crippen LogP contribution in [0, 0.1) is 20.8 Å². The van der Waals surface area contributed by atoms with E-state index >= 15 is 0 Å². The number of fused-ring (bicyclic) bond motifs is 3. The van der Waals surface area contributed by atoms with Crippen molar-refractivity contribution in [3.05, 3.63) is 130 Å². The minimum absolute atomic E-state index is 0.143. The first kappa shape index (κ1) is 25.7. The van der Waals surface area contributed by atoms with Crippen molar-refractivity contribution in [2.45, 2.75) is 53.1 Å². The van der Waals surface area contributed by atoms with Gasteiger partial charge in [0.05, 0.1) is 29.7 Å². The molecule has 3 aromatic carbocycles. The maximum Gasteiger partial charge on any atom is 0.322 e. The van der Waals surface area contributed by atoms with Crippen molar-refractivity contribution < 1.29 is 4.79 Å². The molecule has 6 heteroatoms. The fraction of sp³-hybridized carbons (Fsp3) is 0.235. The number of benzene rings is 3. The van der Waals surface area contributed by atoms with Crippen molar-refractivity contribution in [1.29, 1.82) is 0 Å². The van der Waals surface area contributed by atoms with Crippen LogP contribution < -0.4 is 5.32 Å². The molecule has 1 N–H and O–H groups in total. The predicted molar refractivity (Wildman–Crippen MR) is 160 cm³/mol. The van der Waals surface area contributed by atoms with Gasteiger partial charge in [-0.05, 0) is 85.3 Å². The van der Waals surface area contributed by atoms with Crippen molar-refractivity contribution in [3.63, 3.8) is 0 Å². The van der Waals surface area contributed by atoms with Gasteiger partial charge in [0.25, 0.3) is 0 Å². The molecule has 0 bridgehead atoms. The third-order valence-electron chi connectivity index (χ3n) is 7.74. The normalized spacial score (nSPS) is 14.6. The minimum Gasteiger partial charge on any atom is -0.308 e. The molecule has 2 amide bonds. The van der Waals surface area contributed by atoms with E-state index in [9.17, 15) is 4.79 Å². The van der Waals surface area contributed by atoms with Crippen LogP contribution in [0.2, 0.25) is 0 Å². The monoisotopic (exact) mass is 529 g/mol. The highest BCUT2D eigenvalue weighted by Crippen LogP contribution is 2.39. The maximum atomic E-state index is 14.2. The predicted octanol–water partition coefficient (Wildman–Crippen LogP) is 7.85. The topological polar surface area (TPSA) is 55.1 Å². The molecule has 0 unspecified atom stereocenters. The number of carbonyl (C=O) groups is 1. The lowest BCUT2D eigenvalue weighted by atomic mass is 9.97. The van der Waals surface area contributed by atoms with E-state index in [2.05, 4.69) is 84.5 Å². The van der Waals surface area contributed by atoms with E-state index in [1.54, 1.807) is 0 Å². The number of aromatic nitrogens is 3. The van der Waals surface area contributed by atoms with Crippen LogP contribution in [0.3, 0.4) is 0 Å². The van der Waals surface area contributed by atoms with E-state index in [4.69, 9.17) is 5.10 Å². The number of urea groups is 1. The molecule has 0 saturated carbocycles. The van der Waals surface area contributed by atoms with Gasteiger partial charge in [0.1, 0.15) is 5.82 Å². The summed E-state index contributed by atoms with van der Waals surface area (Å²) in [5.41, 5.74) is 9.30.